The maximum absolute atomic E-state index is 5.01. The number of allylic oxidation sites excluding steroid dienone is 24. The van der Waals surface area contributed by atoms with E-state index in [9.17, 15) is 0 Å². The van der Waals surface area contributed by atoms with Crippen molar-refractivity contribution in [2.24, 2.45) is 0 Å². The smallest absolute Gasteiger partial charge is 0.163 e. The molecule has 3 aliphatic rings. The summed E-state index contributed by atoms with van der Waals surface area (Å²) in [5, 5.41) is 2.33. The first-order chi connectivity index (χ1) is 33.1. The van der Waals surface area contributed by atoms with E-state index in [0.717, 1.165) is 93.2 Å². The van der Waals surface area contributed by atoms with Gasteiger partial charge in [0.05, 0.1) is 22.1 Å². The van der Waals surface area contributed by atoms with Gasteiger partial charge in [0.2, 0.25) is 0 Å². The molecule has 0 atom stereocenters. The highest BCUT2D eigenvalue weighted by Crippen LogP contribution is 2.34. The predicted molar refractivity (Wildman–Crippen MR) is 289 cm³/mol. The minimum atomic E-state index is 0.615. The summed E-state index contributed by atoms with van der Waals surface area (Å²) < 4.78 is 4.82. The second-order valence-electron chi connectivity index (χ2n) is 16.2. The Balaban J connectivity index is 0.00000300. The SMILES string of the molecule is C=C(/C=C\C=C(/C)n1c2ccccc2c2ccccc2n(-c2cccc(C3=CC=CCC3)c2)c2ccccc21)C1=CC(c2nc(/C=C/C=C\C=C/C)nc(C3=CCCC=C3)n2)=CCC=C1.CC. The third-order valence-electron chi connectivity index (χ3n) is 11.8. The summed E-state index contributed by atoms with van der Waals surface area (Å²) in [4.78, 5) is 14.8. The summed E-state index contributed by atoms with van der Waals surface area (Å²) in [7, 11) is 0. The van der Waals surface area contributed by atoms with Crippen LogP contribution in [0.2, 0.25) is 0 Å². The molecule has 5 heteroatoms. The quantitative estimate of drug-likeness (QED) is 0.122. The molecule has 332 valence electrons. The molecule has 0 fully saturated rings. The van der Waals surface area contributed by atoms with E-state index in [1.54, 1.807) is 0 Å². The molecule has 0 N–H and O–H groups in total. The first-order valence-corrected chi connectivity index (χ1v) is 23.6. The highest BCUT2D eigenvalue weighted by molar-refractivity contribution is 6.07. The third-order valence-corrected chi connectivity index (χ3v) is 11.8. The van der Waals surface area contributed by atoms with Crippen LogP contribution in [0.15, 0.2) is 224 Å². The fraction of sp³-hybridized carbons (Fsp3) is 0.145. The van der Waals surface area contributed by atoms with E-state index in [0.29, 0.717) is 17.5 Å². The van der Waals surface area contributed by atoms with Gasteiger partial charge in [0.25, 0.3) is 0 Å². The van der Waals surface area contributed by atoms with Crippen LogP contribution in [0.25, 0.3) is 67.0 Å². The van der Waals surface area contributed by atoms with Gasteiger partial charge in [0.15, 0.2) is 17.5 Å². The summed E-state index contributed by atoms with van der Waals surface area (Å²) in [6.07, 6.45) is 44.9. The highest BCUT2D eigenvalue weighted by atomic mass is 15.0. The molecule has 0 amide bonds. The Morgan fingerprint density at radius 3 is 2.15 bits per heavy atom. The molecule has 0 radical (unpaired) electrons. The second-order valence-corrected chi connectivity index (χ2v) is 16.2. The molecule has 0 aliphatic heterocycles. The number of aromatic nitrogens is 5. The van der Waals surface area contributed by atoms with Crippen LogP contribution < -0.4 is 0 Å². The number of para-hydroxylation sites is 4. The molecule has 0 bridgehead atoms. The fourth-order valence-corrected chi connectivity index (χ4v) is 8.62. The lowest BCUT2D eigenvalue weighted by Gasteiger charge is -2.21. The van der Waals surface area contributed by atoms with Crippen molar-refractivity contribution in [2.45, 2.75) is 59.8 Å². The van der Waals surface area contributed by atoms with E-state index >= 15 is 0 Å². The van der Waals surface area contributed by atoms with E-state index in [1.165, 1.54) is 16.5 Å². The first kappa shape index (κ1) is 45.7. The van der Waals surface area contributed by atoms with Gasteiger partial charge in [0.1, 0.15) is 0 Å². The molecular weight excluding hydrogens is 815 g/mol. The Bertz CT molecular complexity index is 3260. The molecule has 3 aliphatic carbocycles. The minimum Gasteiger partial charge on any atom is -0.312 e. The Kier molecular flexibility index (Phi) is 15.2. The van der Waals surface area contributed by atoms with Crippen molar-refractivity contribution in [2.75, 3.05) is 0 Å². The third kappa shape index (κ3) is 10.6. The number of hydrogen-bond donors (Lipinski definition) is 0. The molecule has 2 aromatic heterocycles. The van der Waals surface area contributed by atoms with Gasteiger partial charge in [-0.3, -0.25) is 0 Å². The van der Waals surface area contributed by atoms with Gasteiger partial charge in [-0.05, 0) is 123 Å². The van der Waals surface area contributed by atoms with Crippen molar-refractivity contribution in [3.8, 4) is 5.69 Å². The zero-order valence-corrected chi connectivity index (χ0v) is 39.2. The summed E-state index contributed by atoms with van der Waals surface area (Å²) in [6, 6.07) is 35.3. The van der Waals surface area contributed by atoms with E-state index < -0.39 is 0 Å². The van der Waals surface area contributed by atoms with Crippen LogP contribution in [0.4, 0.5) is 0 Å². The van der Waals surface area contributed by atoms with Crippen LogP contribution >= 0.6 is 0 Å². The van der Waals surface area contributed by atoms with Crippen LogP contribution in [0.5, 0.6) is 0 Å². The molecule has 6 aromatic rings. The lowest BCUT2D eigenvalue weighted by Crippen LogP contribution is -2.05. The van der Waals surface area contributed by atoms with Crippen molar-refractivity contribution < 1.29 is 0 Å². The van der Waals surface area contributed by atoms with E-state index in [2.05, 4.69) is 199 Å². The average Bonchev–Trinajstić information content (AvgIpc) is 3.65. The van der Waals surface area contributed by atoms with Crippen LogP contribution in [-0.4, -0.2) is 24.1 Å². The number of rotatable bonds is 11. The van der Waals surface area contributed by atoms with Crippen LogP contribution in [-0.2, 0) is 0 Å². The van der Waals surface area contributed by atoms with Gasteiger partial charge < -0.3 is 9.13 Å². The maximum Gasteiger partial charge on any atom is 0.163 e. The summed E-state index contributed by atoms with van der Waals surface area (Å²) in [6.45, 7) is 12.7. The molecule has 0 saturated heterocycles. The van der Waals surface area contributed by atoms with Gasteiger partial charge in [-0.2, -0.15) is 0 Å². The van der Waals surface area contributed by atoms with Gasteiger partial charge in [0, 0.05) is 33.3 Å². The van der Waals surface area contributed by atoms with E-state index in [4.69, 9.17) is 15.0 Å². The number of nitrogens with zero attached hydrogens (tertiary/aromatic N) is 5. The van der Waals surface area contributed by atoms with Gasteiger partial charge in [-0.15, -0.1) is 0 Å². The van der Waals surface area contributed by atoms with Crippen molar-refractivity contribution in [1.29, 1.82) is 0 Å². The molecule has 0 unspecified atom stereocenters. The van der Waals surface area contributed by atoms with E-state index in [1.807, 2.05) is 57.2 Å². The fourth-order valence-electron chi connectivity index (χ4n) is 8.62. The Morgan fingerprint density at radius 2 is 1.39 bits per heavy atom. The van der Waals surface area contributed by atoms with E-state index in [-0.39, 0.29) is 0 Å². The number of hydrogen-bond acceptors (Lipinski definition) is 3. The highest BCUT2D eigenvalue weighted by Gasteiger charge is 2.16. The summed E-state index contributed by atoms with van der Waals surface area (Å²) >= 11 is 0. The van der Waals surface area contributed by atoms with Crippen LogP contribution in [0.3, 0.4) is 0 Å². The Hall–Kier alpha value is -7.89. The molecule has 5 nitrogen and oxygen atoms in total. The molecule has 0 spiro atoms. The average molecular weight is 874 g/mol. The van der Waals surface area contributed by atoms with Crippen molar-refractivity contribution >= 4 is 61.3 Å². The standard InChI is InChI=1S/C60H53N5.C2H6/c1-4-5-6-7-14-41-58-61-59(47-29-12-9-13-30-47)63-60(62-58)50-32-16-15-31-48(42-50)44(2)25-23-26-45(3)64-54-37-19-17-35-52(54)53-36-18-20-38-55(53)65(57-40-22-21-39-56(57)64)51-34-24-33-49(43-51)46-27-10-8-11-28-46;1-2/h4-8,10,12,14-15,17-27,29-43H,2,9,11,13,16,28H2,1,3H3;1-2H3/b5-4-,7-6-,25-23-,41-14+,45-26+;. The first-order valence-electron chi connectivity index (χ1n) is 23.6. The molecule has 2 heterocycles. The lowest BCUT2D eigenvalue weighted by atomic mass is 9.97. The number of benzene rings is 4. The molecule has 9 rings (SSSR count). The zero-order valence-electron chi connectivity index (χ0n) is 39.2. The largest absolute Gasteiger partial charge is 0.312 e. The lowest BCUT2D eigenvalue weighted by molar-refractivity contribution is 0.964. The minimum absolute atomic E-state index is 0.615. The normalized spacial score (nSPS) is 15.3. The monoisotopic (exact) mass is 873 g/mol. The molecule has 4 aromatic carbocycles. The molecular formula is C62H59N5. The van der Waals surface area contributed by atoms with Crippen molar-refractivity contribution in [3.05, 3.63) is 247 Å². The van der Waals surface area contributed by atoms with Gasteiger partial charge in [-0.1, -0.05) is 178 Å². The molecule has 0 saturated carbocycles. The van der Waals surface area contributed by atoms with Crippen LogP contribution in [0, 0.1) is 0 Å². The maximum atomic E-state index is 5.01. The van der Waals surface area contributed by atoms with Crippen molar-refractivity contribution in [3.63, 3.8) is 0 Å². The van der Waals surface area contributed by atoms with Gasteiger partial charge >= 0.3 is 0 Å². The van der Waals surface area contributed by atoms with Gasteiger partial charge in [-0.25, -0.2) is 15.0 Å². The Labute approximate surface area is 396 Å². The van der Waals surface area contributed by atoms with Crippen molar-refractivity contribution in [1.82, 2.24) is 24.1 Å². The zero-order chi connectivity index (χ0) is 46.4. The predicted octanol–water partition coefficient (Wildman–Crippen LogP) is 16.6. The van der Waals surface area contributed by atoms with Crippen LogP contribution in [0.1, 0.15) is 82.8 Å². The second kappa shape index (κ2) is 22.3. The summed E-state index contributed by atoms with van der Waals surface area (Å²) in [5.41, 5.74) is 13.1. The summed E-state index contributed by atoms with van der Waals surface area (Å²) in [5.74, 6) is 1.93. The topological polar surface area (TPSA) is 48.5 Å². The molecule has 67 heavy (non-hydrogen) atoms. The number of fused-ring (bicyclic) bond motifs is 4. The Morgan fingerprint density at radius 1 is 0.657 bits per heavy atom.